The zero-order valence-corrected chi connectivity index (χ0v) is 18.8. The minimum absolute atomic E-state index is 0.0178. The molecule has 6 nitrogen and oxygen atoms in total. The summed E-state index contributed by atoms with van der Waals surface area (Å²) in [7, 11) is 0. The number of rotatable bonds is 5. The monoisotopic (exact) mass is 485 g/mol. The van der Waals surface area contributed by atoms with Gasteiger partial charge in [0.2, 0.25) is 11.9 Å². The van der Waals surface area contributed by atoms with E-state index < -0.39 is 17.5 Å². The Labute approximate surface area is 204 Å². The lowest BCUT2D eigenvalue weighted by Crippen LogP contribution is -2.31. The molecule has 0 fully saturated rings. The van der Waals surface area contributed by atoms with Crippen LogP contribution < -0.4 is 10.2 Å². The molecule has 1 aliphatic rings. The number of amides is 1. The van der Waals surface area contributed by atoms with Crippen LogP contribution in [0.15, 0.2) is 66.9 Å². The number of nitrogens with zero attached hydrogens (tertiary/aromatic N) is 4. The zero-order valence-electron chi connectivity index (χ0n) is 18.8. The summed E-state index contributed by atoms with van der Waals surface area (Å²) < 4.78 is 41.3. The van der Waals surface area contributed by atoms with Crippen LogP contribution in [0.4, 0.5) is 30.5 Å². The van der Waals surface area contributed by atoms with Crippen LogP contribution in [0.5, 0.6) is 0 Å². The predicted octanol–water partition coefficient (Wildman–Crippen LogP) is 5.31. The van der Waals surface area contributed by atoms with Crippen LogP contribution in [-0.4, -0.2) is 22.4 Å². The van der Waals surface area contributed by atoms with E-state index in [2.05, 4.69) is 21.4 Å². The molecule has 178 valence electrons. The van der Waals surface area contributed by atoms with Gasteiger partial charge in [0.1, 0.15) is 23.5 Å². The quantitative estimate of drug-likeness (QED) is 0.415. The molecule has 4 aromatic rings. The first kappa shape index (κ1) is 23.1. The number of carbonyl (C=O) groups excluding carboxylic acids is 1. The van der Waals surface area contributed by atoms with Gasteiger partial charge < -0.3 is 10.2 Å². The third kappa shape index (κ3) is 4.49. The second kappa shape index (κ2) is 9.50. The van der Waals surface area contributed by atoms with Crippen molar-refractivity contribution in [2.75, 3.05) is 16.8 Å². The van der Waals surface area contributed by atoms with Crippen molar-refractivity contribution in [3.63, 3.8) is 0 Å². The van der Waals surface area contributed by atoms with E-state index in [0.29, 0.717) is 41.0 Å². The normalized spacial score (nSPS) is 12.2. The third-order valence-electron chi connectivity index (χ3n) is 5.91. The molecule has 5 rings (SSSR count). The van der Waals surface area contributed by atoms with E-state index in [9.17, 15) is 23.2 Å². The number of aromatic nitrogens is 2. The Morgan fingerprint density at radius 1 is 1.06 bits per heavy atom. The molecule has 1 aromatic heterocycles. The summed E-state index contributed by atoms with van der Waals surface area (Å²) in [5, 5.41) is 12.6. The molecule has 0 aliphatic carbocycles. The number of nitrogens with one attached hydrogen (secondary N) is 1. The predicted molar refractivity (Wildman–Crippen MR) is 128 cm³/mol. The van der Waals surface area contributed by atoms with Gasteiger partial charge in [-0.25, -0.2) is 23.1 Å². The minimum Gasteiger partial charge on any atom is -0.322 e. The van der Waals surface area contributed by atoms with Gasteiger partial charge >= 0.3 is 0 Å². The lowest BCUT2D eigenvalue weighted by atomic mass is 10.0. The van der Waals surface area contributed by atoms with E-state index in [-0.39, 0.29) is 24.0 Å². The molecule has 1 amide bonds. The summed E-state index contributed by atoms with van der Waals surface area (Å²) in [6.07, 6.45) is 1.90. The molecular weight excluding hydrogens is 467 g/mol. The maximum atomic E-state index is 14.1. The fourth-order valence-electron chi connectivity index (χ4n) is 4.22. The number of carbonyl (C=O) groups is 1. The Hall–Kier alpha value is -4.71. The Morgan fingerprint density at radius 2 is 1.89 bits per heavy atom. The Morgan fingerprint density at radius 3 is 2.67 bits per heavy atom. The maximum Gasteiger partial charge on any atom is 0.231 e. The molecule has 9 heteroatoms. The minimum atomic E-state index is -0.784. The van der Waals surface area contributed by atoms with Crippen molar-refractivity contribution in [1.82, 2.24) is 9.97 Å². The van der Waals surface area contributed by atoms with E-state index in [1.165, 1.54) is 23.2 Å². The van der Waals surface area contributed by atoms with Crippen LogP contribution in [0.25, 0.3) is 11.3 Å². The summed E-state index contributed by atoms with van der Waals surface area (Å²) in [5.74, 6) is -2.13. The Bertz CT molecular complexity index is 1530. The van der Waals surface area contributed by atoms with Gasteiger partial charge in [0.05, 0.1) is 29.1 Å². The van der Waals surface area contributed by atoms with Gasteiger partial charge in [-0.1, -0.05) is 18.2 Å². The molecule has 1 N–H and O–H groups in total. The average Bonchev–Trinajstić information content (AvgIpc) is 3.31. The summed E-state index contributed by atoms with van der Waals surface area (Å²) in [6, 6.07) is 16.5. The molecular formula is C27H18F3N5O. The van der Waals surface area contributed by atoms with Crippen molar-refractivity contribution in [1.29, 1.82) is 5.26 Å². The van der Waals surface area contributed by atoms with E-state index in [1.807, 2.05) is 6.07 Å². The van der Waals surface area contributed by atoms with Crippen molar-refractivity contribution in [3.8, 4) is 17.3 Å². The van der Waals surface area contributed by atoms with E-state index in [0.717, 1.165) is 17.7 Å². The fourth-order valence-corrected chi connectivity index (χ4v) is 4.22. The van der Waals surface area contributed by atoms with Crippen LogP contribution >= 0.6 is 0 Å². The number of halogens is 3. The number of hydrogen-bond donors (Lipinski definition) is 1. The second-order valence-corrected chi connectivity index (χ2v) is 8.22. The first-order valence-corrected chi connectivity index (χ1v) is 11.1. The molecule has 0 spiro atoms. The molecule has 1 aliphatic heterocycles. The van der Waals surface area contributed by atoms with Gasteiger partial charge in [-0.05, 0) is 53.9 Å². The standard InChI is InChI=1S/C27H18F3N5O/c28-20-5-6-24(22(30)14-20)34-27-32-9-7-23(33-27)18-11-17-8-10-35(26(17)19(12-18)15-31)25(36)13-16-3-1-2-4-21(16)29/h1-7,9,11-12,14H,8,10,13H2,(H,32,33,34). The van der Waals surface area contributed by atoms with Crippen LogP contribution in [0.3, 0.4) is 0 Å². The van der Waals surface area contributed by atoms with Crippen molar-refractivity contribution in [3.05, 3.63) is 101 Å². The number of fused-ring (bicyclic) bond motifs is 1. The Balaban J connectivity index is 1.43. The highest BCUT2D eigenvalue weighted by Gasteiger charge is 2.29. The van der Waals surface area contributed by atoms with Gasteiger partial charge in [-0.15, -0.1) is 0 Å². The van der Waals surface area contributed by atoms with Crippen LogP contribution in [0.1, 0.15) is 16.7 Å². The highest BCUT2D eigenvalue weighted by atomic mass is 19.1. The van der Waals surface area contributed by atoms with E-state index >= 15 is 0 Å². The number of hydrogen-bond acceptors (Lipinski definition) is 5. The summed E-state index contributed by atoms with van der Waals surface area (Å²) in [5.41, 5.74) is 3.02. The largest absolute Gasteiger partial charge is 0.322 e. The smallest absolute Gasteiger partial charge is 0.231 e. The molecule has 0 saturated heterocycles. The average molecular weight is 485 g/mol. The summed E-state index contributed by atoms with van der Waals surface area (Å²) in [6.45, 7) is 0.376. The molecule has 0 bridgehead atoms. The number of nitriles is 1. The first-order chi connectivity index (χ1) is 17.4. The van der Waals surface area contributed by atoms with Gasteiger partial charge in [0.15, 0.2) is 0 Å². The van der Waals surface area contributed by atoms with E-state index in [4.69, 9.17) is 0 Å². The molecule has 3 aromatic carbocycles. The van der Waals surface area contributed by atoms with Crippen molar-refractivity contribution in [2.24, 2.45) is 0 Å². The van der Waals surface area contributed by atoms with Crippen LogP contribution in [0, 0.1) is 28.8 Å². The second-order valence-electron chi connectivity index (χ2n) is 8.22. The lowest BCUT2D eigenvalue weighted by Gasteiger charge is -2.19. The van der Waals surface area contributed by atoms with Gasteiger partial charge in [0.25, 0.3) is 0 Å². The van der Waals surface area contributed by atoms with Gasteiger partial charge in [-0.3, -0.25) is 4.79 Å². The van der Waals surface area contributed by atoms with Crippen molar-refractivity contribution in [2.45, 2.75) is 12.8 Å². The molecule has 0 atom stereocenters. The van der Waals surface area contributed by atoms with Gasteiger partial charge in [-0.2, -0.15) is 5.26 Å². The molecule has 36 heavy (non-hydrogen) atoms. The first-order valence-electron chi connectivity index (χ1n) is 11.1. The molecule has 0 saturated carbocycles. The van der Waals surface area contributed by atoms with Crippen LogP contribution in [-0.2, 0) is 17.6 Å². The maximum absolute atomic E-state index is 14.1. The highest BCUT2D eigenvalue weighted by molar-refractivity contribution is 5.98. The topological polar surface area (TPSA) is 81.9 Å². The SMILES string of the molecule is N#Cc1cc(-c2ccnc(Nc3ccc(F)cc3F)n2)cc2c1N(C(=O)Cc1ccccc1F)CC2. The molecule has 0 unspecified atom stereocenters. The van der Waals surface area contributed by atoms with Crippen molar-refractivity contribution >= 4 is 23.2 Å². The number of anilines is 3. The van der Waals surface area contributed by atoms with E-state index in [1.54, 1.807) is 30.3 Å². The summed E-state index contributed by atoms with van der Waals surface area (Å²) in [4.78, 5) is 23.0. The Kier molecular flexibility index (Phi) is 6.09. The summed E-state index contributed by atoms with van der Waals surface area (Å²) >= 11 is 0. The van der Waals surface area contributed by atoms with Crippen LogP contribution in [0.2, 0.25) is 0 Å². The highest BCUT2D eigenvalue weighted by Crippen LogP contribution is 2.36. The lowest BCUT2D eigenvalue weighted by molar-refractivity contribution is -0.117. The van der Waals surface area contributed by atoms with Crippen molar-refractivity contribution < 1.29 is 18.0 Å². The zero-order chi connectivity index (χ0) is 25.2. The third-order valence-corrected chi connectivity index (χ3v) is 5.91. The van der Waals surface area contributed by atoms with Gasteiger partial charge in [0, 0.05) is 24.4 Å². The number of benzene rings is 3. The molecule has 2 heterocycles. The fraction of sp³-hybridized carbons (Fsp3) is 0.111. The molecule has 0 radical (unpaired) electrons.